The number of rotatable bonds is 4. The summed E-state index contributed by atoms with van der Waals surface area (Å²) in [4.78, 5) is 12.1. The fourth-order valence-corrected chi connectivity index (χ4v) is 3.22. The fraction of sp³-hybridized carbons (Fsp3) is 0.533. The van der Waals surface area contributed by atoms with E-state index in [0.717, 1.165) is 38.2 Å². The van der Waals surface area contributed by atoms with E-state index in [9.17, 15) is 14.3 Å². The largest absolute Gasteiger partial charge is 0.396 e. The molecule has 0 spiro atoms. The molecule has 1 aliphatic rings. The predicted molar refractivity (Wildman–Crippen MR) is 81.4 cm³/mol. The van der Waals surface area contributed by atoms with Crippen molar-refractivity contribution in [3.05, 3.63) is 33.6 Å². The Bertz CT molecular complexity index is 531. The highest BCUT2D eigenvalue weighted by molar-refractivity contribution is 6.36. The van der Waals surface area contributed by atoms with Crippen molar-refractivity contribution >= 4 is 29.1 Å². The first-order chi connectivity index (χ1) is 9.97. The van der Waals surface area contributed by atoms with E-state index in [1.54, 1.807) is 0 Å². The third-order valence-electron chi connectivity index (χ3n) is 4.13. The van der Waals surface area contributed by atoms with Gasteiger partial charge in [-0.1, -0.05) is 42.5 Å². The van der Waals surface area contributed by atoms with Gasteiger partial charge < -0.3 is 10.4 Å². The highest BCUT2D eigenvalue weighted by atomic mass is 35.5. The van der Waals surface area contributed by atoms with Gasteiger partial charge in [0.1, 0.15) is 5.82 Å². The number of nitrogens with one attached hydrogen (secondary N) is 1. The number of hydrogen-bond acceptors (Lipinski definition) is 2. The van der Waals surface area contributed by atoms with Crippen LogP contribution in [0.4, 0.5) is 4.39 Å². The van der Waals surface area contributed by atoms with Crippen molar-refractivity contribution in [3.8, 4) is 0 Å². The molecule has 6 heteroatoms. The fourth-order valence-electron chi connectivity index (χ4n) is 2.75. The number of aliphatic hydroxyl groups excluding tert-OH is 1. The Hall–Kier alpha value is -0.840. The Kier molecular flexibility index (Phi) is 5.47. The normalized spacial score (nSPS) is 17.5. The van der Waals surface area contributed by atoms with E-state index in [2.05, 4.69) is 5.32 Å². The summed E-state index contributed by atoms with van der Waals surface area (Å²) < 4.78 is 13.4. The lowest BCUT2D eigenvalue weighted by Gasteiger charge is -2.35. The van der Waals surface area contributed by atoms with Gasteiger partial charge in [-0.3, -0.25) is 4.79 Å². The molecule has 3 nitrogen and oxygen atoms in total. The molecule has 0 heterocycles. The topological polar surface area (TPSA) is 49.3 Å². The molecule has 2 rings (SSSR count). The smallest absolute Gasteiger partial charge is 0.252 e. The van der Waals surface area contributed by atoms with Crippen molar-refractivity contribution in [2.75, 3.05) is 13.2 Å². The van der Waals surface area contributed by atoms with Gasteiger partial charge in [-0.05, 0) is 25.0 Å². The molecule has 1 amide bonds. The van der Waals surface area contributed by atoms with Gasteiger partial charge >= 0.3 is 0 Å². The average molecular weight is 334 g/mol. The Morgan fingerprint density at radius 3 is 2.52 bits per heavy atom. The third-order valence-corrected chi connectivity index (χ3v) is 4.73. The van der Waals surface area contributed by atoms with Crippen LogP contribution in [-0.4, -0.2) is 24.2 Å². The van der Waals surface area contributed by atoms with Crippen molar-refractivity contribution in [3.63, 3.8) is 0 Å². The van der Waals surface area contributed by atoms with E-state index >= 15 is 0 Å². The molecule has 1 aliphatic carbocycles. The number of carbonyl (C=O) groups is 1. The second kappa shape index (κ2) is 6.95. The molecule has 0 aliphatic heterocycles. The Morgan fingerprint density at radius 2 is 1.90 bits per heavy atom. The molecule has 1 saturated carbocycles. The molecule has 1 aromatic carbocycles. The van der Waals surface area contributed by atoms with E-state index in [1.165, 1.54) is 6.07 Å². The summed E-state index contributed by atoms with van der Waals surface area (Å²) in [6, 6.07) is 2.25. The van der Waals surface area contributed by atoms with Gasteiger partial charge in [0.15, 0.2) is 0 Å². The van der Waals surface area contributed by atoms with E-state index in [4.69, 9.17) is 23.2 Å². The van der Waals surface area contributed by atoms with Crippen LogP contribution in [0, 0.1) is 11.2 Å². The van der Waals surface area contributed by atoms with Crippen LogP contribution in [0.5, 0.6) is 0 Å². The summed E-state index contributed by atoms with van der Waals surface area (Å²) in [6.45, 7) is 0.402. The highest BCUT2D eigenvalue weighted by Crippen LogP contribution is 2.35. The SMILES string of the molecule is O=C(NCC1(CO)CCCCC1)c1cc(F)c(Cl)cc1Cl. The average Bonchev–Trinajstić information content (AvgIpc) is 2.49. The molecular weight excluding hydrogens is 316 g/mol. The summed E-state index contributed by atoms with van der Waals surface area (Å²) in [6.07, 6.45) is 5.02. The predicted octanol–water partition coefficient (Wildman–Crippen LogP) is 3.81. The molecule has 1 aromatic rings. The van der Waals surface area contributed by atoms with Gasteiger partial charge in [0.25, 0.3) is 5.91 Å². The zero-order valence-corrected chi connectivity index (χ0v) is 13.1. The Morgan fingerprint density at radius 1 is 1.24 bits per heavy atom. The summed E-state index contributed by atoms with van der Waals surface area (Å²) in [5, 5.41) is 12.4. The molecular formula is C15H18Cl2FNO2. The first-order valence-electron chi connectivity index (χ1n) is 7.01. The van der Waals surface area contributed by atoms with Crippen molar-refractivity contribution in [1.29, 1.82) is 0 Å². The maximum absolute atomic E-state index is 13.4. The summed E-state index contributed by atoms with van der Waals surface area (Å²) in [5.41, 5.74) is -0.215. The third kappa shape index (κ3) is 3.87. The van der Waals surface area contributed by atoms with E-state index in [1.807, 2.05) is 0 Å². The first-order valence-corrected chi connectivity index (χ1v) is 7.77. The number of halogens is 3. The van der Waals surface area contributed by atoms with Gasteiger partial charge in [0.05, 0.1) is 22.2 Å². The van der Waals surface area contributed by atoms with Gasteiger partial charge in [0, 0.05) is 12.0 Å². The molecule has 0 saturated heterocycles. The lowest BCUT2D eigenvalue weighted by molar-refractivity contribution is 0.0718. The van der Waals surface area contributed by atoms with E-state index in [-0.39, 0.29) is 27.6 Å². The number of benzene rings is 1. The zero-order valence-electron chi connectivity index (χ0n) is 11.6. The summed E-state index contributed by atoms with van der Waals surface area (Å²) in [7, 11) is 0. The van der Waals surface area contributed by atoms with Crippen LogP contribution in [-0.2, 0) is 0 Å². The van der Waals surface area contributed by atoms with Crippen LogP contribution >= 0.6 is 23.2 Å². The quantitative estimate of drug-likeness (QED) is 0.823. The van der Waals surface area contributed by atoms with Gasteiger partial charge in [0.2, 0.25) is 0 Å². The van der Waals surface area contributed by atoms with E-state index in [0.29, 0.717) is 6.54 Å². The van der Waals surface area contributed by atoms with Crippen molar-refractivity contribution in [1.82, 2.24) is 5.32 Å². The summed E-state index contributed by atoms with van der Waals surface area (Å²) in [5.74, 6) is -1.13. The van der Waals surface area contributed by atoms with Crippen LogP contribution in [0.3, 0.4) is 0 Å². The monoisotopic (exact) mass is 333 g/mol. The van der Waals surface area contributed by atoms with Crippen molar-refractivity contribution < 1.29 is 14.3 Å². The highest BCUT2D eigenvalue weighted by Gasteiger charge is 2.32. The van der Waals surface area contributed by atoms with Gasteiger partial charge in [-0.25, -0.2) is 4.39 Å². The number of amides is 1. The molecule has 116 valence electrons. The van der Waals surface area contributed by atoms with Crippen molar-refractivity contribution in [2.45, 2.75) is 32.1 Å². The van der Waals surface area contributed by atoms with Crippen LogP contribution in [0.25, 0.3) is 0 Å². The number of hydrogen-bond donors (Lipinski definition) is 2. The second-order valence-corrected chi connectivity index (χ2v) is 6.46. The molecule has 21 heavy (non-hydrogen) atoms. The zero-order chi connectivity index (χ0) is 15.5. The lowest BCUT2D eigenvalue weighted by Crippen LogP contribution is -2.41. The molecule has 1 fully saturated rings. The van der Waals surface area contributed by atoms with Crippen LogP contribution in [0.1, 0.15) is 42.5 Å². The maximum atomic E-state index is 13.4. The molecule has 0 aromatic heterocycles. The minimum absolute atomic E-state index is 0.0377. The first kappa shape index (κ1) is 16.5. The van der Waals surface area contributed by atoms with Crippen LogP contribution in [0.15, 0.2) is 12.1 Å². The minimum Gasteiger partial charge on any atom is -0.396 e. The van der Waals surface area contributed by atoms with Crippen LogP contribution in [0.2, 0.25) is 10.0 Å². The molecule has 0 radical (unpaired) electrons. The van der Waals surface area contributed by atoms with Gasteiger partial charge in [-0.15, -0.1) is 0 Å². The molecule has 0 bridgehead atoms. The molecule has 0 atom stereocenters. The summed E-state index contributed by atoms with van der Waals surface area (Å²) >= 11 is 11.5. The minimum atomic E-state index is -0.680. The Labute approximate surface area is 133 Å². The molecule has 0 unspecified atom stereocenters. The second-order valence-electron chi connectivity index (χ2n) is 5.65. The number of carbonyl (C=O) groups excluding carboxylic acids is 1. The van der Waals surface area contributed by atoms with E-state index < -0.39 is 11.7 Å². The number of aliphatic hydroxyl groups is 1. The molecule has 2 N–H and O–H groups in total. The van der Waals surface area contributed by atoms with Crippen LogP contribution < -0.4 is 5.32 Å². The standard InChI is InChI=1S/C15H18Cl2FNO2/c16-11-7-12(17)13(18)6-10(11)14(21)19-8-15(9-20)4-2-1-3-5-15/h6-7,20H,1-5,8-9H2,(H,19,21). The Balaban J connectivity index is 2.06. The maximum Gasteiger partial charge on any atom is 0.252 e. The van der Waals surface area contributed by atoms with Crippen molar-refractivity contribution in [2.24, 2.45) is 5.41 Å². The lowest BCUT2D eigenvalue weighted by atomic mass is 9.74. The van der Waals surface area contributed by atoms with Gasteiger partial charge in [-0.2, -0.15) is 0 Å².